The minimum Gasteiger partial charge on any atom is -0.496 e. The molecular weight excluding hydrogens is 323 g/mol. The Morgan fingerprint density at radius 2 is 1.76 bits per heavy atom. The van der Waals surface area contributed by atoms with Crippen molar-refractivity contribution in [3.63, 3.8) is 0 Å². The standard InChI is InChI=1S/C19H23FN2O3/c1-13(16-5-3-4-6-18(16)25-2)11-21-19(24)22-12-17(23)14-7-9-15(20)10-8-14/h3-10,13,17,23H,11-12H2,1-2H3,(H2,21,22,24). The van der Waals surface area contributed by atoms with Crippen LogP contribution in [0.2, 0.25) is 0 Å². The molecule has 2 unspecified atom stereocenters. The van der Waals surface area contributed by atoms with Crippen LogP contribution in [0.4, 0.5) is 9.18 Å². The van der Waals surface area contributed by atoms with Crippen LogP contribution in [0.15, 0.2) is 48.5 Å². The van der Waals surface area contributed by atoms with E-state index >= 15 is 0 Å². The second kappa shape index (κ2) is 9.03. The lowest BCUT2D eigenvalue weighted by molar-refractivity contribution is 0.173. The highest BCUT2D eigenvalue weighted by Gasteiger charge is 2.13. The zero-order valence-electron chi connectivity index (χ0n) is 14.3. The molecule has 0 heterocycles. The molecule has 2 amide bonds. The first-order valence-electron chi connectivity index (χ1n) is 8.09. The van der Waals surface area contributed by atoms with Gasteiger partial charge in [0.15, 0.2) is 0 Å². The summed E-state index contributed by atoms with van der Waals surface area (Å²) >= 11 is 0. The van der Waals surface area contributed by atoms with Crippen LogP contribution < -0.4 is 15.4 Å². The van der Waals surface area contributed by atoms with Crippen LogP contribution in [-0.2, 0) is 0 Å². The monoisotopic (exact) mass is 346 g/mol. The lowest BCUT2D eigenvalue weighted by Gasteiger charge is -2.17. The Bertz CT molecular complexity index is 691. The number of para-hydroxylation sites is 1. The van der Waals surface area contributed by atoms with Gasteiger partial charge >= 0.3 is 6.03 Å². The maximum Gasteiger partial charge on any atom is 0.314 e. The number of aliphatic hydroxyl groups excluding tert-OH is 1. The molecule has 0 saturated carbocycles. The van der Waals surface area contributed by atoms with Crippen molar-refractivity contribution < 1.29 is 19.0 Å². The number of hydrogen-bond acceptors (Lipinski definition) is 3. The van der Waals surface area contributed by atoms with Crippen LogP contribution in [-0.4, -0.2) is 31.3 Å². The van der Waals surface area contributed by atoms with Crippen molar-refractivity contribution in [3.05, 3.63) is 65.5 Å². The topological polar surface area (TPSA) is 70.6 Å². The predicted octanol–water partition coefficient (Wildman–Crippen LogP) is 2.97. The maximum atomic E-state index is 12.9. The van der Waals surface area contributed by atoms with Crippen LogP contribution >= 0.6 is 0 Å². The number of halogens is 1. The predicted molar refractivity (Wildman–Crippen MR) is 94.2 cm³/mol. The summed E-state index contributed by atoms with van der Waals surface area (Å²) in [4.78, 5) is 11.9. The number of rotatable bonds is 7. The van der Waals surface area contributed by atoms with Crippen LogP contribution in [0.25, 0.3) is 0 Å². The fourth-order valence-corrected chi connectivity index (χ4v) is 2.48. The zero-order valence-corrected chi connectivity index (χ0v) is 14.3. The average molecular weight is 346 g/mol. The first-order valence-corrected chi connectivity index (χ1v) is 8.09. The molecule has 0 fully saturated rings. The number of nitrogens with one attached hydrogen (secondary N) is 2. The molecule has 0 saturated heterocycles. The van der Waals surface area contributed by atoms with Crippen LogP contribution in [0, 0.1) is 5.82 Å². The molecule has 134 valence electrons. The van der Waals surface area contributed by atoms with E-state index in [-0.39, 0.29) is 24.3 Å². The summed E-state index contributed by atoms with van der Waals surface area (Å²) in [6, 6.07) is 12.8. The van der Waals surface area contributed by atoms with Gasteiger partial charge in [-0.1, -0.05) is 37.3 Å². The lowest BCUT2D eigenvalue weighted by atomic mass is 10.0. The third-order valence-electron chi connectivity index (χ3n) is 3.95. The third-order valence-corrected chi connectivity index (χ3v) is 3.95. The number of methoxy groups -OCH3 is 1. The number of urea groups is 1. The Kier molecular flexibility index (Phi) is 6.77. The highest BCUT2D eigenvalue weighted by molar-refractivity contribution is 5.73. The Morgan fingerprint density at radius 1 is 1.12 bits per heavy atom. The molecule has 0 bridgehead atoms. The summed E-state index contributed by atoms with van der Waals surface area (Å²) in [7, 11) is 1.61. The Morgan fingerprint density at radius 3 is 2.44 bits per heavy atom. The number of amides is 2. The first-order chi connectivity index (χ1) is 12.0. The highest BCUT2D eigenvalue weighted by atomic mass is 19.1. The maximum absolute atomic E-state index is 12.9. The van der Waals surface area contributed by atoms with Crippen molar-refractivity contribution in [2.45, 2.75) is 18.9 Å². The normalized spacial score (nSPS) is 13.0. The van der Waals surface area contributed by atoms with Gasteiger partial charge in [-0.3, -0.25) is 0 Å². The van der Waals surface area contributed by atoms with E-state index in [0.29, 0.717) is 12.1 Å². The van der Waals surface area contributed by atoms with E-state index in [0.717, 1.165) is 11.3 Å². The van der Waals surface area contributed by atoms with Gasteiger partial charge in [-0.25, -0.2) is 9.18 Å². The van der Waals surface area contributed by atoms with Crippen molar-refractivity contribution in [1.29, 1.82) is 0 Å². The Hall–Kier alpha value is -2.60. The van der Waals surface area contributed by atoms with Crippen molar-refractivity contribution in [2.24, 2.45) is 0 Å². The SMILES string of the molecule is COc1ccccc1C(C)CNC(=O)NCC(O)c1ccc(F)cc1. The zero-order chi connectivity index (χ0) is 18.2. The van der Waals surface area contributed by atoms with E-state index in [1.165, 1.54) is 24.3 Å². The average Bonchev–Trinajstić information content (AvgIpc) is 2.64. The van der Waals surface area contributed by atoms with Crippen LogP contribution in [0.3, 0.4) is 0 Å². The van der Waals surface area contributed by atoms with E-state index in [2.05, 4.69) is 10.6 Å². The number of benzene rings is 2. The molecule has 6 heteroatoms. The molecule has 0 aliphatic rings. The summed E-state index contributed by atoms with van der Waals surface area (Å²) < 4.78 is 18.2. The van der Waals surface area contributed by atoms with Gasteiger partial charge in [-0.05, 0) is 29.3 Å². The number of carbonyl (C=O) groups is 1. The molecule has 2 rings (SSSR count). The fourth-order valence-electron chi connectivity index (χ4n) is 2.48. The van der Waals surface area contributed by atoms with E-state index < -0.39 is 6.10 Å². The quantitative estimate of drug-likeness (QED) is 0.722. The summed E-state index contributed by atoms with van der Waals surface area (Å²) in [5.41, 5.74) is 1.56. The molecular formula is C19H23FN2O3. The largest absolute Gasteiger partial charge is 0.496 e. The van der Waals surface area contributed by atoms with Crippen LogP contribution in [0.5, 0.6) is 5.75 Å². The summed E-state index contributed by atoms with van der Waals surface area (Å²) in [5.74, 6) is 0.486. The van der Waals surface area contributed by atoms with E-state index in [4.69, 9.17) is 4.74 Å². The van der Waals surface area contributed by atoms with Gasteiger partial charge in [0.2, 0.25) is 0 Å². The lowest BCUT2D eigenvalue weighted by Crippen LogP contribution is -2.39. The molecule has 0 aromatic heterocycles. The molecule has 2 aromatic rings. The summed E-state index contributed by atoms with van der Waals surface area (Å²) in [6.07, 6.45) is -0.891. The first kappa shape index (κ1) is 18.7. The molecule has 0 aliphatic carbocycles. The summed E-state index contributed by atoms with van der Waals surface area (Å²) in [6.45, 7) is 2.46. The molecule has 5 nitrogen and oxygen atoms in total. The van der Waals surface area contributed by atoms with E-state index in [9.17, 15) is 14.3 Å². The van der Waals surface area contributed by atoms with Gasteiger partial charge < -0.3 is 20.5 Å². The van der Waals surface area contributed by atoms with Gasteiger partial charge in [-0.2, -0.15) is 0 Å². The molecule has 2 atom stereocenters. The molecule has 3 N–H and O–H groups in total. The minimum atomic E-state index is -0.891. The number of ether oxygens (including phenoxy) is 1. The summed E-state index contributed by atoms with van der Waals surface area (Å²) in [5, 5.41) is 15.4. The highest BCUT2D eigenvalue weighted by Crippen LogP contribution is 2.25. The van der Waals surface area contributed by atoms with Gasteiger partial charge in [0.25, 0.3) is 0 Å². The van der Waals surface area contributed by atoms with E-state index in [1.807, 2.05) is 31.2 Å². The van der Waals surface area contributed by atoms with Crippen molar-refractivity contribution in [2.75, 3.05) is 20.2 Å². The smallest absolute Gasteiger partial charge is 0.314 e. The Balaban J connectivity index is 1.79. The minimum absolute atomic E-state index is 0.0422. The molecule has 2 aromatic carbocycles. The number of aliphatic hydroxyl groups is 1. The molecule has 0 radical (unpaired) electrons. The second-order valence-corrected chi connectivity index (χ2v) is 5.80. The third kappa shape index (κ3) is 5.46. The second-order valence-electron chi connectivity index (χ2n) is 5.80. The van der Waals surface area contributed by atoms with Crippen molar-refractivity contribution in [1.82, 2.24) is 10.6 Å². The van der Waals surface area contributed by atoms with Gasteiger partial charge in [0, 0.05) is 19.0 Å². The molecule has 0 spiro atoms. The van der Waals surface area contributed by atoms with Gasteiger partial charge in [0.1, 0.15) is 11.6 Å². The molecule has 25 heavy (non-hydrogen) atoms. The van der Waals surface area contributed by atoms with Gasteiger partial charge in [0.05, 0.1) is 13.2 Å². The van der Waals surface area contributed by atoms with E-state index in [1.54, 1.807) is 7.11 Å². The van der Waals surface area contributed by atoms with Crippen LogP contribution in [0.1, 0.15) is 30.1 Å². The molecule has 0 aliphatic heterocycles. The number of carbonyl (C=O) groups excluding carboxylic acids is 1. The number of hydrogen-bond donors (Lipinski definition) is 3. The van der Waals surface area contributed by atoms with Crippen molar-refractivity contribution >= 4 is 6.03 Å². The fraction of sp³-hybridized carbons (Fsp3) is 0.316. The van der Waals surface area contributed by atoms with Gasteiger partial charge in [-0.15, -0.1) is 0 Å². The van der Waals surface area contributed by atoms with Crippen molar-refractivity contribution in [3.8, 4) is 5.75 Å². The Labute approximate surface area is 146 Å².